The van der Waals surface area contributed by atoms with Crippen LogP contribution in [0.4, 0.5) is 0 Å². The van der Waals surface area contributed by atoms with E-state index < -0.39 is 16.8 Å². The van der Waals surface area contributed by atoms with E-state index in [1.54, 1.807) is 7.05 Å². The Morgan fingerprint density at radius 1 is 1.06 bits per heavy atom. The van der Waals surface area contributed by atoms with Crippen molar-refractivity contribution < 1.29 is 14.7 Å². The summed E-state index contributed by atoms with van der Waals surface area (Å²) in [6.07, 6.45) is 2.73. The number of hydrogen-bond acceptors (Lipinski definition) is 2. The van der Waals surface area contributed by atoms with Gasteiger partial charge in [0.2, 0.25) is 5.91 Å². The van der Waals surface area contributed by atoms with Crippen LogP contribution >= 0.6 is 45.2 Å². The second kappa shape index (κ2) is 3.10. The fourth-order valence-corrected chi connectivity index (χ4v) is 7.81. The van der Waals surface area contributed by atoms with Crippen molar-refractivity contribution in [2.24, 2.45) is 10.8 Å². The molecule has 1 amide bonds. The maximum absolute atomic E-state index is 12.2. The molecule has 2 unspecified atom stereocenters. The summed E-state index contributed by atoms with van der Waals surface area (Å²) in [6, 6.07) is 0. The molecule has 2 atom stereocenters. The van der Waals surface area contributed by atoms with Gasteiger partial charge >= 0.3 is 5.97 Å². The van der Waals surface area contributed by atoms with Crippen LogP contribution in [0.2, 0.25) is 0 Å². The Hall–Kier alpha value is 0.400. The van der Waals surface area contributed by atoms with Crippen LogP contribution in [0, 0.1) is 10.8 Å². The molecule has 4 nitrogen and oxygen atoms in total. The monoisotopic (exact) mass is 461 g/mol. The third kappa shape index (κ3) is 1.07. The fourth-order valence-electron chi connectivity index (χ4n) is 4.45. The number of amides is 1. The van der Waals surface area contributed by atoms with Gasteiger partial charge in [-0.05, 0) is 25.7 Å². The molecule has 4 rings (SSSR count). The van der Waals surface area contributed by atoms with Crippen molar-refractivity contribution in [2.45, 2.75) is 32.5 Å². The van der Waals surface area contributed by atoms with Gasteiger partial charge in [0.05, 0.1) is 10.8 Å². The lowest BCUT2D eigenvalue weighted by atomic mass is 9.67. The van der Waals surface area contributed by atoms with Gasteiger partial charge < -0.3 is 10.4 Å². The van der Waals surface area contributed by atoms with Crippen LogP contribution in [-0.2, 0) is 9.59 Å². The molecule has 0 aromatic rings. The number of aliphatic carboxylic acids is 1. The first-order chi connectivity index (χ1) is 7.75. The zero-order valence-electron chi connectivity index (χ0n) is 9.35. The molecular formula is C11H13I2NO3. The maximum Gasteiger partial charge on any atom is 0.310 e. The van der Waals surface area contributed by atoms with Crippen molar-refractivity contribution in [3.63, 3.8) is 0 Å². The minimum absolute atomic E-state index is 0.0176. The van der Waals surface area contributed by atoms with Gasteiger partial charge in [-0.1, -0.05) is 45.2 Å². The lowest BCUT2D eigenvalue weighted by Gasteiger charge is -2.34. The summed E-state index contributed by atoms with van der Waals surface area (Å²) in [5.41, 5.74) is -1.49. The van der Waals surface area contributed by atoms with Gasteiger partial charge in [0.25, 0.3) is 0 Å². The average Bonchev–Trinajstić information content (AvgIpc) is 2.77. The predicted molar refractivity (Wildman–Crippen MR) is 78.5 cm³/mol. The second-order valence-electron chi connectivity index (χ2n) is 5.69. The lowest BCUT2D eigenvalue weighted by Crippen LogP contribution is -2.49. The topological polar surface area (TPSA) is 66.4 Å². The van der Waals surface area contributed by atoms with Crippen molar-refractivity contribution in [2.75, 3.05) is 7.05 Å². The zero-order chi connectivity index (χ0) is 12.7. The molecule has 0 aliphatic heterocycles. The zero-order valence-corrected chi connectivity index (χ0v) is 13.7. The molecule has 94 valence electrons. The van der Waals surface area contributed by atoms with Crippen LogP contribution in [0.1, 0.15) is 25.7 Å². The molecule has 0 aromatic carbocycles. The molecule has 0 spiro atoms. The van der Waals surface area contributed by atoms with E-state index in [0.717, 1.165) is 12.8 Å². The Bertz CT molecular complexity index is 432. The Morgan fingerprint density at radius 3 is 1.82 bits per heavy atom. The number of carbonyl (C=O) groups excluding carboxylic acids is 1. The minimum atomic E-state index is -0.824. The molecule has 4 aliphatic rings. The average molecular weight is 461 g/mol. The van der Waals surface area contributed by atoms with Crippen LogP contribution in [0.25, 0.3) is 0 Å². The molecule has 4 aliphatic carbocycles. The Kier molecular flexibility index (Phi) is 2.27. The molecule has 0 saturated heterocycles. The Morgan fingerprint density at radius 2 is 1.47 bits per heavy atom. The summed E-state index contributed by atoms with van der Waals surface area (Å²) in [5, 5.41) is 12.3. The molecule has 17 heavy (non-hydrogen) atoms. The number of carbonyl (C=O) groups is 2. The second-order valence-corrected chi connectivity index (χ2v) is 9.82. The minimum Gasteiger partial charge on any atom is -0.481 e. The van der Waals surface area contributed by atoms with E-state index in [9.17, 15) is 14.7 Å². The highest BCUT2D eigenvalue weighted by molar-refractivity contribution is 14.1. The highest BCUT2D eigenvalue weighted by Gasteiger charge is 2.87. The standard InChI is InChI=1S/C11H13I2NO3/c1-14-6(15)8-2-10(12)4-9(8,7(16)17)5-11(10,13)3-8/h2-5H2,1H3,(H,14,15)(H,16,17). The van der Waals surface area contributed by atoms with Crippen molar-refractivity contribution in [1.82, 2.24) is 5.32 Å². The van der Waals surface area contributed by atoms with Gasteiger partial charge in [-0.2, -0.15) is 0 Å². The van der Waals surface area contributed by atoms with Crippen molar-refractivity contribution in [1.29, 1.82) is 0 Å². The fraction of sp³-hybridized carbons (Fsp3) is 0.818. The quantitative estimate of drug-likeness (QED) is 0.487. The van der Waals surface area contributed by atoms with E-state index in [2.05, 4.69) is 50.5 Å². The number of rotatable bonds is 2. The Balaban J connectivity index is 2.20. The molecule has 4 bridgehead atoms. The molecule has 0 radical (unpaired) electrons. The van der Waals surface area contributed by atoms with E-state index in [-0.39, 0.29) is 12.8 Å². The molecular weight excluding hydrogens is 448 g/mol. The number of carboxylic acids is 1. The molecule has 4 fully saturated rings. The predicted octanol–water partition coefficient (Wildman–Crippen LogP) is 1.74. The van der Waals surface area contributed by atoms with Gasteiger partial charge in [-0.3, -0.25) is 9.59 Å². The third-order valence-electron chi connectivity index (χ3n) is 5.12. The summed E-state index contributed by atoms with van der Waals surface area (Å²) in [6.45, 7) is 0. The number of halogens is 2. The highest BCUT2D eigenvalue weighted by atomic mass is 127. The molecule has 6 heteroatoms. The van der Waals surface area contributed by atoms with Gasteiger partial charge in [-0.25, -0.2) is 0 Å². The first kappa shape index (κ1) is 12.4. The van der Waals surface area contributed by atoms with Crippen LogP contribution in [0.15, 0.2) is 0 Å². The molecule has 2 N–H and O–H groups in total. The summed E-state index contributed by atoms with van der Waals surface area (Å²) in [4.78, 5) is 24.0. The third-order valence-corrected chi connectivity index (χ3v) is 9.74. The van der Waals surface area contributed by atoms with Gasteiger partial charge in [0, 0.05) is 13.9 Å². The summed E-state index contributed by atoms with van der Waals surface area (Å²) in [5.74, 6) is -0.856. The van der Waals surface area contributed by atoms with Crippen LogP contribution in [-0.4, -0.2) is 30.9 Å². The summed E-state index contributed by atoms with van der Waals surface area (Å²) in [7, 11) is 1.61. The first-order valence-electron chi connectivity index (χ1n) is 5.59. The molecule has 0 heterocycles. The van der Waals surface area contributed by atoms with E-state index in [4.69, 9.17) is 0 Å². The number of hydrogen-bond donors (Lipinski definition) is 2. The maximum atomic E-state index is 12.2. The van der Waals surface area contributed by atoms with E-state index in [1.165, 1.54) is 0 Å². The number of carboxylic acid groups (broad SMARTS) is 1. The van der Waals surface area contributed by atoms with Crippen molar-refractivity contribution >= 4 is 57.1 Å². The lowest BCUT2D eigenvalue weighted by molar-refractivity contribution is -0.159. The van der Waals surface area contributed by atoms with Gasteiger partial charge in [0.1, 0.15) is 0 Å². The van der Waals surface area contributed by atoms with Crippen molar-refractivity contribution in [3.8, 4) is 0 Å². The highest BCUT2D eigenvalue weighted by Crippen LogP contribution is 2.84. The van der Waals surface area contributed by atoms with Crippen LogP contribution < -0.4 is 5.32 Å². The molecule has 0 aromatic heterocycles. The summed E-state index contributed by atoms with van der Waals surface area (Å²) >= 11 is 4.81. The van der Waals surface area contributed by atoms with Crippen molar-refractivity contribution in [3.05, 3.63) is 0 Å². The number of nitrogens with one attached hydrogen (secondary N) is 1. The van der Waals surface area contributed by atoms with Gasteiger partial charge in [0.15, 0.2) is 0 Å². The first-order valence-corrected chi connectivity index (χ1v) is 7.75. The normalized spacial score (nSPS) is 54.3. The largest absolute Gasteiger partial charge is 0.481 e. The van der Waals surface area contributed by atoms with E-state index in [1.807, 2.05) is 0 Å². The smallest absolute Gasteiger partial charge is 0.310 e. The van der Waals surface area contributed by atoms with Gasteiger partial charge in [-0.15, -0.1) is 0 Å². The van der Waals surface area contributed by atoms with E-state index in [0.29, 0.717) is 12.8 Å². The molecule has 4 saturated carbocycles. The SMILES string of the molecule is CNC(=O)C12CC3(I)CC1(C(=O)O)CC3(I)C2. The summed E-state index contributed by atoms with van der Waals surface area (Å²) < 4.78 is -0.0353. The van der Waals surface area contributed by atoms with Crippen LogP contribution in [0.3, 0.4) is 0 Å². The van der Waals surface area contributed by atoms with E-state index >= 15 is 0 Å². The Labute approximate surface area is 127 Å². The number of alkyl halides is 2. The van der Waals surface area contributed by atoms with Crippen LogP contribution in [0.5, 0.6) is 0 Å².